The Labute approximate surface area is 185 Å². The summed E-state index contributed by atoms with van der Waals surface area (Å²) in [6.45, 7) is 11.9. The smallest absolute Gasteiger partial charge is 0.195 e. The molecule has 0 saturated heterocycles. The lowest BCUT2D eigenvalue weighted by Crippen LogP contribution is -2.68. The van der Waals surface area contributed by atoms with Crippen LogP contribution in [-0.2, 0) is 0 Å². The Bertz CT molecular complexity index is 615. The molecule has 4 rings (SSSR count). The highest BCUT2D eigenvalue weighted by Gasteiger charge is 2.67. The summed E-state index contributed by atoms with van der Waals surface area (Å²) in [7, 11) is 0. The molecule has 4 fully saturated rings. The van der Waals surface area contributed by atoms with E-state index in [9.17, 15) is 15.3 Å². The molecule has 1 unspecified atom stereocenters. The largest absolute Gasteiger partial charge is 0.387 e. The fraction of sp³-hybridized carbons (Fsp3) is 1.00. The van der Waals surface area contributed by atoms with Gasteiger partial charge >= 0.3 is 0 Å². The molecule has 4 aliphatic carbocycles. The third kappa shape index (κ3) is 3.32. The Hall–Kier alpha value is -0.120. The Balaban J connectivity index is 1.53. The topological polar surface area (TPSA) is 60.7 Å². The second-order valence-corrected chi connectivity index (χ2v) is 12.8. The molecule has 4 saturated carbocycles. The summed E-state index contributed by atoms with van der Waals surface area (Å²) in [5.41, 5.74) is -0.141. The number of hydrogen-bond acceptors (Lipinski definition) is 3. The maximum absolute atomic E-state index is 11.1. The Morgan fingerprint density at radius 3 is 2.23 bits per heavy atom. The molecule has 3 heteroatoms. The van der Waals surface area contributed by atoms with Crippen molar-refractivity contribution in [3.8, 4) is 0 Å². The van der Waals surface area contributed by atoms with Crippen molar-refractivity contribution >= 4 is 0 Å². The van der Waals surface area contributed by atoms with E-state index in [4.69, 9.17) is 0 Å². The monoisotopic (exact) mass is 420 g/mol. The molecule has 174 valence electrons. The second kappa shape index (κ2) is 8.03. The minimum Gasteiger partial charge on any atom is -0.387 e. The van der Waals surface area contributed by atoms with Gasteiger partial charge in [0.2, 0.25) is 0 Å². The van der Waals surface area contributed by atoms with Crippen LogP contribution in [-0.4, -0.2) is 27.2 Å². The van der Waals surface area contributed by atoms with Crippen LogP contribution in [0.2, 0.25) is 0 Å². The summed E-state index contributed by atoms with van der Waals surface area (Å²) < 4.78 is 0. The van der Waals surface area contributed by atoms with Crippen LogP contribution in [0.25, 0.3) is 0 Å². The van der Waals surface area contributed by atoms with Crippen molar-refractivity contribution in [3.63, 3.8) is 0 Å². The van der Waals surface area contributed by atoms with Crippen molar-refractivity contribution in [1.82, 2.24) is 0 Å². The van der Waals surface area contributed by atoms with E-state index in [-0.39, 0.29) is 0 Å². The lowest BCUT2D eigenvalue weighted by Gasteiger charge is -2.64. The molecule has 0 spiro atoms. The molecule has 0 aromatic heterocycles. The lowest BCUT2D eigenvalue weighted by molar-refractivity contribution is -0.349. The van der Waals surface area contributed by atoms with Crippen LogP contribution >= 0.6 is 0 Å². The molecule has 3 nitrogen and oxygen atoms in total. The number of hydrogen-bond donors (Lipinski definition) is 3. The average molecular weight is 421 g/mol. The molecule has 0 amide bonds. The summed E-state index contributed by atoms with van der Waals surface area (Å²) in [4.78, 5) is 0. The van der Waals surface area contributed by atoms with Crippen LogP contribution in [0, 0.1) is 52.3 Å². The number of aliphatic hydroxyl groups is 3. The van der Waals surface area contributed by atoms with Crippen LogP contribution in [0.5, 0.6) is 0 Å². The lowest BCUT2D eigenvalue weighted by atomic mass is 9.43. The van der Waals surface area contributed by atoms with Crippen molar-refractivity contribution in [2.75, 3.05) is 0 Å². The number of rotatable bonds is 5. The summed E-state index contributed by atoms with van der Waals surface area (Å²) in [5, 5.41) is 32.8. The van der Waals surface area contributed by atoms with Crippen molar-refractivity contribution in [3.05, 3.63) is 0 Å². The van der Waals surface area contributed by atoms with Crippen LogP contribution in [0.1, 0.15) is 105 Å². The zero-order chi connectivity index (χ0) is 21.9. The van der Waals surface area contributed by atoms with Gasteiger partial charge in [-0.1, -0.05) is 53.9 Å². The Kier molecular flexibility index (Phi) is 6.17. The summed E-state index contributed by atoms with van der Waals surface area (Å²) >= 11 is 0. The predicted octanol–water partition coefficient (Wildman–Crippen LogP) is 5.76. The molecule has 4 aliphatic rings. The summed E-state index contributed by atoms with van der Waals surface area (Å²) in [6, 6.07) is 0. The van der Waals surface area contributed by atoms with E-state index in [2.05, 4.69) is 34.6 Å². The minimum absolute atomic E-state index is 0.341. The molecule has 30 heavy (non-hydrogen) atoms. The standard InChI is InChI=1S/C27H48O3/c1-17(2)7-6-8-18(3)21-12-13-22-20-11-9-19-10-14-24(28)27(29,30)26(19,5)23(20)15-16-25(21,22)4/h17-24,28-30H,6-16H2,1-5H3/t18-,19+,20+,21-,22+,23+,24?,25-,26+/m1/s1. The summed E-state index contributed by atoms with van der Waals surface area (Å²) in [5.74, 6) is 2.50. The van der Waals surface area contributed by atoms with Gasteiger partial charge in [0.05, 0.1) is 0 Å². The average Bonchev–Trinajstić information content (AvgIpc) is 3.03. The molecule has 0 aromatic rings. The van der Waals surface area contributed by atoms with Crippen molar-refractivity contribution in [2.45, 2.75) is 117 Å². The van der Waals surface area contributed by atoms with E-state index >= 15 is 0 Å². The van der Waals surface area contributed by atoms with Crippen LogP contribution in [0.15, 0.2) is 0 Å². The highest BCUT2D eigenvalue weighted by atomic mass is 16.5. The first-order valence-corrected chi connectivity index (χ1v) is 13.2. The van der Waals surface area contributed by atoms with Gasteiger partial charge in [0.25, 0.3) is 0 Å². The molecular formula is C27H48O3. The first-order chi connectivity index (χ1) is 14.0. The van der Waals surface area contributed by atoms with Gasteiger partial charge in [-0.2, -0.15) is 0 Å². The number of aliphatic hydroxyl groups excluding tert-OH is 1. The zero-order valence-corrected chi connectivity index (χ0v) is 20.2. The van der Waals surface area contributed by atoms with Crippen molar-refractivity contribution < 1.29 is 15.3 Å². The summed E-state index contributed by atoms with van der Waals surface area (Å²) in [6.07, 6.45) is 11.9. The van der Waals surface area contributed by atoms with E-state index in [0.717, 1.165) is 42.9 Å². The SMILES string of the molecule is CC(C)CCC[C@@H](C)[C@H]1CC[C@H]2[C@@H]3CC[C@H]4CCC(O)C(O)(O)[C@]4(C)[C@H]3CC[C@]12C. The van der Waals surface area contributed by atoms with Crippen LogP contribution < -0.4 is 0 Å². The third-order valence-electron chi connectivity index (χ3n) is 11.2. The van der Waals surface area contributed by atoms with Gasteiger partial charge < -0.3 is 15.3 Å². The maximum Gasteiger partial charge on any atom is 0.195 e. The Morgan fingerprint density at radius 2 is 1.53 bits per heavy atom. The van der Waals surface area contributed by atoms with E-state index in [0.29, 0.717) is 29.6 Å². The fourth-order valence-corrected chi connectivity index (χ4v) is 9.39. The second-order valence-electron chi connectivity index (χ2n) is 12.8. The minimum atomic E-state index is -1.94. The molecule has 0 bridgehead atoms. The van der Waals surface area contributed by atoms with E-state index < -0.39 is 17.3 Å². The normalized spacial score (nSPS) is 48.7. The quantitative estimate of drug-likeness (QED) is 0.496. The number of fused-ring (bicyclic) bond motifs is 5. The first-order valence-electron chi connectivity index (χ1n) is 13.2. The van der Waals surface area contributed by atoms with E-state index in [1.807, 2.05) is 0 Å². The van der Waals surface area contributed by atoms with E-state index in [1.54, 1.807) is 0 Å². The highest BCUT2D eigenvalue weighted by Crippen LogP contribution is 2.69. The van der Waals surface area contributed by atoms with Gasteiger partial charge in [-0.25, -0.2) is 0 Å². The van der Waals surface area contributed by atoms with Gasteiger partial charge in [0.1, 0.15) is 6.10 Å². The van der Waals surface area contributed by atoms with Crippen LogP contribution in [0.4, 0.5) is 0 Å². The maximum atomic E-state index is 11.1. The van der Waals surface area contributed by atoms with Crippen molar-refractivity contribution in [1.29, 1.82) is 0 Å². The molecule has 9 atom stereocenters. The van der Waals surface area contributed by atoms with Gasteiger partial charge in [-0.15, -0.1) is 0 Å². The predicted molar refractivity (Wildman–Crippen MR) is 122 cm³/mol. The molecule has 0 heterocycles. The molecule has 0 aliphatic heterocycles. The van der Waals surface area contributed by atoms with E-state index in [1.165, 1.54) is 44.9 Å². The van der Waals surface area contributed by atoms with Gasteiger partial charge in [-0.3, -0.25) is 0 Å². The first kappa shape index (κ1) is 23.1. The highest BCUT2D eigenvalue weighted by molar-refractivity contribution is 5.13. The van der Waals surface area contributed by atoms with Gasteiger partial charge in [-0.05, 0) is 98.2 Å². The molecule has 0 aromatic carbocycles. The zero-order valence-electron chi connectivity index (χ0n) is 20.2. The van der Waals surface area contributed by atoms with Crippen LogP contribution in [0.3, 0.4) is 0 Å². The third-order valence-corrected chi connectivity index (χ3v) is 11.2. The van der Waals surface area contributed by atoms with Crippen molar-refractivity contribution in [2.24, 2.45) is 52.3 Å². The molecule has 0 radical (unpaired) electrons. The van der Waals surface area contributed by atoms with Gasteiger partial charge in [0.15, 0.2) is 5.79 Å². The molecular weight excluding hydrogens is 372 g/mol. The molecule has 3 N–H and O–H groups in total. The Morgan fingerprint density at radius 1 is 0.833 bits per heavy atom. The van der Waals surface area contributed by atoms with Gasteiger partial charge in [0, 0.05) is 5.41 Å². The fourth-order valence-electron chi connectivity index (χ4n) is 9.39.